The van der Waals surface area contributed by atoms with E-state index in [1.807, 2.05) is 18.7 Å². The maximum Gasteiger partial charge on any atom is 0.345 e. The Kier molecular flexibility index (Phi) is 5.48. The molecule has 2 atom stereocenters. The SMILES string of the molecule is CCO[C@H]1C[C@@H](O)C12CCN(C(=O)CCc1c(C)nc(=O)[nH]c1C)CC2. The fourth-order valence-corrected chi connectivity index (χ4v) is 4.50. The Morgan fingerprint density at radius 2 is 2.08 bits per heavy atom. The quantitative estimate of drug-likeness (QED) is 0.817. The van der Waals surface area contributed by atoms with E-state index in [9.17, 15) is 14.7 Å². The van der Waals surface area contributed by atoms with E-state index in [0.717, 1.165) is 24.1 Å². The molecule has 2 heterocycles. The minimum absolute atomic E-state index is 0.117. The van der Waals surface area contributed by atoms with Gasteiger partial charge < -0.3 is 19.7 Å². The number of aliphatic hydroxyl groups excluding tert-OH is 1. The van der Waals surface area contributed by atoms with Crippen molar-refractivity contribution in [1.29, 1.82) is 0 Å². The zero-order chi connectivity index (χ0) is 18.9. The summed E-state index contributed by atoms with van der Waals surface area (Å²) in [6.45, 7) is 7.62. The van der Waals surface area contributed by atoms with Crippen LogP contribution in [-0.4, -0.2) is 57.8 Å². The van der Waals surface area contributed by atoms with Crippen LogP contribution < -0.4 is 5.69 Å². The van der Waals surface area contributed by atoms with Crippen molar-refractivity contribution < 1.29 is 14.6 Å². The second-order valence-electron chi connectivity index (χ2n) is 7.54. The lowest BCUT2D eigenvalue weighted by atomic mass is 9.58. The molecule has 1 aliphatic heterocycles. The minimum atomic E-state index is -0.348. The minimum Gasteiger partial charge on any atom is -0.392 e. The monoisotopic (exact) mass is 363 g/mol. The lowest BCUT2D eigenvalue weighted by Gasteiger charge is -2.56. The molecule has 3 rings (SSSR count). The largest absolute Gasteiger partial charge is 0.392 e. The van der Waals surface area contributed by atoms with Crippen LogP contribution in [0.1, 0.15) is 49.6 Å². The first kappa shape index (κ1) is 19.0. The van der Waals surface area contributed by atoms with Gasteiger partial charge in [-0.1, -0.05) is 0 Å². The number of carbonyl (C=O) groups excluding carboxylic acids is 1. The first-order chi connectivity index (χ1) is 12.4. The Balaban J connectivity index is 1.55. The van der Waals surface area contributed by atoms with Gasteiger partial charge >= 0.3 is 5.69 Å². The number of aliphatic hydroxyl groups is 1. The predicted octanol–water partition coefficient (Wildman–Crippen LogP) is 1.10. The molecule has 0 aromatic carbocycles. The first-order valence-electron chi connectivity index (χ1n) is 9.51. The molecule has 2 aliphatic rings. The van der Waals surface area contributed by atoms with E-state index in [4.69, 9.17) is 4.74 Å². The van der Waals surface area contributed by atoms with Crippen LogP contribution >= 0.6 is 0 Å². The van der Waals surface area contributed by atoms with Gasteiger partial charge in [-0.2, -0.15) is 4.98 Å². The zero-order valence-electron chi connectivity index (χ0n) is 15.9. The maximum absolute atomic E-state index is 12.6. The van der Waals surface area contributed by atoms with Gasteiger partial charge in [0.1, 0.15) is 0 Å². The molecule has 0 radical (unpaired) electrons. The molecular formula is C19H29N3O4. The van der Waals surface area contributed by atoms with Crippen molar-refractivity contribution in [3.63, 3.8) is 0 Å². The Morgan fingerprint density at radius 3 is 2.65 bits per heavy atom. The standard InChI is InChI=1S/C19H29N3O4/c1-4-26-16-11-15(23)19(16)7-9-22(10-8-19)17(24)6-5-14-12(2)20-18(25)21-13(14)3/h15-16,23H,4-11H2,1-3H3,(H,20,21,25)/t15-,16+/m1/s1. The predicted molar refractivity (Wildman–Crippen MR) is 96.9 cm³/mol. The van der Waals surface area contributed by atoms with Gasteiger partial charge in [-0.15, -0.1) is 0 Å². The Labute approximate surface area is 153 Å². The van der Waals surface area contributed by atoms with Crippen molar-refractivity contribution >= 4 is 5.91 Å². The molecule has 7 nitrogen and oxygen atoms in total. The van der Waals surface area contributed by atoms with Crippen molar-refractivity contribution in [1.82, 2.24) is 14.9 Å². The number of H-pyrrole nitrogens is 1. The van der Waals surface area contributed by atoms with Gasteiger partial charge in [0.05, 0.1) is 12.2 Å². The maximum atomic E-state index is 12.6. The van der Waals surface area contributed by atoms with E-state index in [1.165, 1.54) is 0 Å². The lowest BCUT2D eigenvalue weighted by molar-refractivity contribution is -0.210. The summed E-state index contributed by atoms with van der Waals surface area (Å²) in [6, 6.07) is 0. The van der Waals surface area contributed by atoms with E-state index in [1.54, 1.807) is 6.92 Å². The third-order valence-corrected chi connectivity index (χ3v) is 6.20. The molecule has 26 heavy (non-hydrogen) atoms. The van der Waals surface area contributed by atoms with E-state index in [-0.39, 0.29) is 29.2 Å². The van der Waals surface area contributed by atoms with Crippen LogP contribution in [0.25, 0.3) is 0 Å². The van der Waals surface area contributed by atoms with Crippen LogP contribution in [0.4, 0.5) is 0 Å². The van der Waals surface area contributed by atoms with Crippen molar-refractivity contribution in [2.45, 2.75) is 65.1 Å². The molecule has 1 amide bonds. The molecular weight excluding hydrogens is 334 g/mol. The Bertz CT molecular complexity index is 694. The molecule has 0 unspecified atom stereocenters. The highest BCUT2D eigenvalue weighted by molar-refractivity contribution is 5.76. The Morgan fingerprint density at radius 1 is 1.38 bits per heavy atom. The van der Waals surface area contributed by atoms with E-state index in [2.05, 4.69) is 9.97 Å². The highest BCUT2D eigenvalue weighted by Gasteiger charge is 2.56. The van der Waals surface area contributed by atoms with Crippen LogP contribution in [0.5, 0.6) is 0 Å². The molecule has 0 bridgehead atoms. The number of rotatable bonds is 5. The third-order valence-electron chi connectivity index (χ3n) is 6.20. The highest BCUT2D eigenvalue weighted by atomic mass is 16.5. The van der Waals surface area contributed by atoms with Crippen molar-refractivity contribution in [3.8, 4) is 0 Å². The summed E-state index contributed by atoms with van der Waals surface area (Å²) in [5.41, 5.74) is 1.90. The number of ether oxygens (including phenoxy) is 1. The van der Waals surface area contributed by atoms with Crippen molar-refractivity contribution in [3.05, 3.63) is 27.4 Å². The lowest BCUT2D eigenvalue weighted by Crippen LogP contribution is -2.62. The van der Waals surface area contributed by atoms with Gasteiger partial charge in [-0.3, -0.25) is 4.79 Å². The second-order valence-corrected chi connectivity index (χ2v) is 7.54. The second kappa shape index (κ2) is 7.48. The third kappa shape index (κ3) is 3.42. The first-order valence-corrected chi connectivity index (χ1v) is 9.51. The van der Waals surface area contributed by atoms with Crippen molar-refractivity contribution in [2.24, 2.45) is 5.41 Å². The highest BCUT2D eigenvalue weighted by Crippen LogP contribution is 2.50. The fourth-order valence-electron chi connectivity index (χ4n) is 4.50. The summed E-state index contributed by atoms with van der Waals surface area (Å²) >= 11 is 0. The van der Waals surface area contributed by atoms with E-state index >= 15 is 0 Å². The van der Waals surface area contributed by atoms with Gasteiger partial charge in [0.2, 0.25) is 5.91 Å². The van der Waals surface area contributed by atoms with Crippen LogP contribution in [0.2, 0.25) is 0 Å². The summed E-state index contributed by atoms with van der Waals surface area (Å²) in [5, 5.41) is 10.3. The average Bonchev–Trinajstić information content (AvgIpc) is 2.60. The van der Waals surface area contributed by atoms with Gasteiger partial charge in [-0.25, -0.2) is 4.79 Å². The summed E-state index contributed by atoms with van der Waals surface area (Å²) in [5.74, 6) is 0.117. The van der Waals surface area contributed by atoms with E-state index in [0.29, 0.717) is 44.7 Å². The molecule has 1 aliphatic carbocycles. The van der Waals surface area contributed by atoms with Gasteiger partial charge in [-0.05, 0) is 45.6 Å². The zero-order valence-corrected chi connectivity index (χ0v) is 15.9. The number of aromatic amines is 1. The smallest absolute Gasteiger partial charge is 0.345 e. The van der Waals surface area contributed by atoms with Gasteiger partial charge in [0, 0.05) is 49.3 Å². The van der Waals surface area contributed by atoms with Gasteiger partial charge in [0.25, 0.3) is 0 Å². The summed E-state index contributed by atoms with van der Waals surface area (Å²) in [7, 11) is 0. The van der Waals surface area contributed by atoms with Crippen LogP contribution in [0.3, 0.4) is 0 Å². The number of hydrogen-bond acceptors (Lipinski definition) is 5. The summed E-state index contributed by atoms with van der Waals surface area (Å²) < 4.78 is 5.78. The number of likely N-dealkylation sites (tertiary alicyclic amines) is 1. The number of aromatic nitrogens is 2. The number of piperidine rings is 1. The topological polar surface area (TPSA) is 95.5 Å². The normalized spacial score (nSPS) is 24.5. The molecule has 2 N–H and O–H groups in total. The molecule has 1 aromatic rings. The van der Waals surface area contributed by atoms with Crippen LogP contribution in [0.15, 0.2) is 4.79 Å². The molecule has 1 spiro atoms. The average molecular weight is 363 g/mol. The molecule has 144 valence electrons. The van der Waals surface area contributed by atoms with Crippen LogP contribution in [0, 0.1) is 19.3 Å². The summed E-state index contributed by atoms with van der Waals surface area (Å²) in [4.78, 5) is 32.5. The summed E-state index contributed by atoms with van der Waals surface area (Å²) in [6.07, 6.45) is 3.09. The fraction of sp³-hybridized carbons (Fsp3) is 0.737. The number of amides is 1. The van der Waals surface area contributed by atoms with Gasteiger partial charge in [0.15, 0.2) is 0 Å². The number of nitrogens with one attached hydrogen (secondary N) is 1. The number of nitrogens with zero attached hydrogens (tertiary/aromatic N) is 2. The van der Waals surface area contributed by atoms with E-state index < -0.39 is 0 Å². The van der Waals surface area contributed by atoms with Crippen molar-refractivity contribution in [2.75, 3.05) is 19.7 Å². The number of hydrogen-bond donors (Lipinski definition) is 2. The molecule has 2 fully saturated rings. The molecule has 1 saturated heterocycles. The molecule has 7 heteroatoms. The van der Waals surface area contributed by atoms with Crippen LogP contribution in [-0.2, 0) is 16.0 Å². The number of carbonyl (C=O) groups is 1. The number of aryl methyl sites for hydroxylation is 2. The molecule has 1 aromatic heterocycles. The molecule has 1 saturated carbocycles. The Hall–Kier alpha value is -1.73.